The van der Waals surface area contributed by atoms with Crippen LogP contribution in [0.2, 0.25) is 0 Å². The number of nitrogens with one attached hydrogen (secondary N) is 1. The maximum absolute atomic E-state index is 13.3. The van der Waals surface area contributed by atoms with E-state index in [1.807, 2.05) is 13.0 Å². The minimum Gasteiger partial charge on any atom is -0.438 e. The SMILES string of the molecule is Cc1ccn(-c2ccc(Oc3ccc(NS(=O)(=O)Cc4cccc(F)c4)cc3)nn2)n1. The van der Waals surface area contributed by atoms with Crippen LogP contribution < -0.4 is 9.46 Å². The van der Waals surface area contributed by atoms with Crippen LogP contribution in [0.15, 0.2) is 72.9 Å². The molecule has 4 aromatic rings. The molecule has 4 rings (SSSR count). The van der Waals surface area contributed by atoms with Gasteiger partial charge in [-0.2, -0.15) is 5.10 Å². The average Bonchev–Trinajstić information content (AvgIpc) is 3.16. The molecule has 1 N–H and O–H groups in total. The van der Waals surface area contributed by atoms with Gasteiger partial charge in [-0.1, -0.05) is 12.1 Å². The lowest BCUT2D eigenvalue weighted by molar-refractivity contribution is 0.454. The molecule has 0 aliphatic heterocycles. The number of hydrogen-bond donors (Lipinski definition) is 1. The zero-order valence-electron chi connectivity index (χ0n) is 16.4. The summed E-state index contributed by atoms with van der Waals surface area (Å²) >= 11 is 0. The number of anilines is 1. The molecule has 2 aromatic carbocycles. The van der Waals surface area contributed by atoms with E-state index in [1.54, 1.807) is 53.3 Å². The van der Waals surface area contributed by atoms with Gasteiger partial charge in [0.15, 0.2) is 5.82 Å². The van der Waals surface area contributed by atoms with E-state index in [-0.39, 0.29) is 11.6 Å². The first kappa shape index (κ1) is 20.5. The third-order valence-electron chi connectivity index (χ3n) is 4.18. The summed E-state index contributed by atoms with van der Waals surface area (Å²) in [6.07, 6.45) is 1.79. The summed E-state index contributed by atoms with van der Waals surface area (Å²) in [6, 6.07) is 17.1. The van der Waals surface area contributed by atoms with Crippen molar-refractivity contribution in [1.82, 2.24) is 20.0 Å². The zero-order chi connectivity index (χ0) is 21.8. The van der Waals surface area contributed by atoms with E-state index in [4.69, 9.17) is 4.74 Å². The lowest BCUT2D eigenvalue weighted by Crippen LogP contribution is -2.15. The molecule has 0 aliphatic carbocycles. The molecule has 0 radical (unpaired) electrons. The third kappa shape index (κ3) is 5.43. The Morgan fingerprint density at radius 2 is 1.84 bits per heavy atom. The molecule has 10 heteroatoms. The van der Waals surface area contributed by atoms with E-state index in [9.17, 15) is 12.8 Å². The molecule has 0 saturated carbocycles. The van der Waals surface area contributed by atoms with Gasteiger partial charge in [0.1, 0.15) is 11.6 Å². The Labute approximate surface area is 178 Å². The Bertz CT molecular complexity index is 1290. The van der Waals surface area contributed by atoms with E-state index >= 15 is 0 Å². The maximum atomic E-state index is 13.3. The van der Waals surface area contributed by atoms with Crippen LogP contribution in [-0.4, -0.2) is 28.4 Å². The molecule has 0 unspecified atom stereocenters. The van der Waals surface area contributed by atoms with Crippen LogP contribution in [0.1, 0.15) is 11.3 Å². The van der Waals surface area contributed by atoms with Gasteiger partial charge in [0.2, 0.25) is 15.9 Å². The van der Waals surface area contributed by atoms with Crippen LogP contribution in [0.4, 0.5) is 10.1 Å². The van der Waals surface area contributed by atoms with Gasteiger partial charge in [0.05, 0.1) is 11.4 Å². The van der Waals surface area contributed by atoms with Gasteiger partial charge in [-0.25, -0.2) is 17.5 Å². The Hall–Kier alpha value is -3.79. The topological polar surface area (TPSA) is 99.0 Å². The maximum Gasteiger partial charge on any atom is 0.238 e. The fourth-order valence-corrected chi connectivity index (χ4v) is 3.99. The first-order valence-electron chi connectivity index (χ1n) is 9.25. The van der Waals surface area contributed by atoms with Gasteiger partial charge in [0, 0.05) is 18.0 Å². The van der Waals surface area contributed by atoms with Crippen LogP contribution in [-0.2, 0) is 15.8 Å². The van der Waals surface area contributed by atoms with Crippen molar-refractivity contribution in [3.05, 3.63) is 90.0 Å². The smallest absolute Gasteiger partial charge is 0.238 e. The van der Waals surface area contributed by atoms with Gasteiger partial charge in [-0.15, -0.1) is 10.2 Å². The van der Waals surface area contributed by atoms with Crippen molar-refractivity contribution in [1.29, 1.82) is 0 Å². The highest BCUT2D eigenvalue weighted by Crippen LogP contribution is 2.22. The molecular formula is C21H18FN5O3S. The molecule has 0 amide bonds. The highest BCUT2D eigenvalue weighted by Gasteiger charge is 2.12. The number of sulfonamides is 1. The Balaban J connectivity index is 1.39. The van der Waals surface area contributed by atoms with Crippen molar-refractivity contribution >= 4 is 15.7 Å². The van der Waals surface area contributed by atoms with Gasteiger partial charge in [-0.3, -0.25) is 4.72 Å². The Morgan fingerprint density at radius 3 is 2.48 bits per heavy atom. The molecule has 0 saturated heterocycles. The zero-order valence-corrected chi connectivity index (χ0v) is 17.3. The van der Waals surface area contributed by atoms with Crippen molar-refractivity contribution < 1.29 is 17.5 Å². The van der Waals surface area contributed by atoms with E-state index in [2.05, 4.69) is 20.0 Å². The van der Waals surface area contributed by atoms with Gasteiger partial charge in [0.25, 0.3) is 0 Å². The fourth-order valence-electron chi connectivity index (χ4n) is 2.81. The standard InChI is InChI=1S/C21H18FN5O3S/c1-15-11-12-27(25-15)20-9-10-21(24-23-20)30-19-7-5-18(6-8-19)26-31(28,29)14-16-3-2-4-17(22)13-16/h2-13,26H,14H2,1H3. The minimum atomic E-state index is -3.69. The summed E-state index contributed by atoms with van der Waals surface area (Å²) in [5.41, 5.74) is 1.59. The van der Waals surface area contributed by atoms with Crippen LogP contribution >= 0.6 is 0 Å². The molecule has 158 valence electrons. The number of aryl methyl sites for hydroxylation is 1. The highest BCUT2D eigenvalue weighted by molar-refractivity contribution is 7.91. The summed E-state index contributed by atoms with van der Waals surface area (Å²) in [7, 11) is -3.69. The molecule has 8 nitrogen and oxygen atoms in total. The summed E-state index contributed by atoms with van der Waals surface area (Å²) < 4.78 is 47.6. The van der Waals surface area contributed by atoms with Crippen molar-refractivity contribution in [2.24, 2.45) is 0 Å². The molecular weight excluding hydrogens is 421 g/mol. The quantitative estimate of drug-likeness (QED) is 0.470. The molecule has 0 aliphatic rings. The van der Waals surface area contributed by atoms with Gasteiger partial charge >= 0.3 is 0 Å². The van der Waals surface area contributed by atoms with E-state index in [0.717, 1.165) is 5.69 Å². The number of halogens is 1. The highest BCUT2D eigenvalue weighted by atomic mass is 32.2. The van der Waals surface area contributed by atoms with Gasteiger partial charge in [-0.05, 0) is 61.0 Å². The number of benzene rings is 2. The molecule has 31 heavy (non-hydrogen) atoms. The van der Waals surface area contributed by atoms with E-state index in [0.29, 0.717) is 22.8 Å². The number of aromatic nitrogens is 4. The van der Waals surface area contributed by atoms with Crippen LogP contribution in [0.25, 0.3) is 5.82 Å². The lowest BCUT2D eigenvalue weighted by Gasteiger charge is -2.09. The van der Waals surface area contributed by atoms with Crippen molar-refractivity contribution in [3.63, 3.8) is 0 Å². The van der Waals surface area contributed by atoms with E-state index in [1.165, 1.54) is 18.2 Å². The van der Waals surface area contributed by atoms with Crippen LogP contribution in [0, 0.1) is 12.7 Å². The van der Waals surface area contributed by atoms with E-state index < -0.39 is 15.8 Å². The molecule has 0 fully saturated rings. The predicted molar refractivity (Wildman–Crippen MR) is 113 cm³/mol. The fraction of sp³-hybridized carbons (Fsp3) is 0.0952. The normalized spacial score (nSPS) is 11.3. The predicted octanol–water partition coefficient (Wildman–Crippen LogP) is 3.84. The van der Waals surface area contributed by atoms with Crippen molar-refractivity contribution in [2.45, 2.75) is 12.7 Å². The summed E-state index contributed by atoms with van der Waals surface area (Å²) in [6.45, 7) is 1.88. The largest absolute Gasteiger partial charge is 0.438 e. The Kier molecular flexibility index (Phi) is 5.63. The Morgan fingerprint density at radius 1 is 1.03 bits per heavy atom. The summed E-state index contributed by atoms with van der Waals surface area (Å²) in [5, 5.41) is 12.4. The van der Waals surface area contributed by atoms with Crippen LogP contribution in [0.3, 0.4) is 0 Å². The molecule has 0 bridgehead atoms. The minimum absolute atomic E-state index is 0.284. The second kappa shape index (κ2) is 8.52. The lowest BCUT2D eigenvalue weighted by atomic mass is 10.2. The second-order valence-electron chi connectivity index (χ2n) is 6.75. The monoisotopic (exact) mass is 439 g/mol. The summed E-state index contributed by atoms with van der Waals surface area (Å²) in [5.74, 6) is 0.492. The molecule has 2 aromatic heterocycles. The molecule has 2 heterocycles. The average molecular weight is 439 g/mol. The van der Waals surface area contributed by atoms with Crippen molar-refractivity contribution in [2.75, 3.05) is 4.72 Å². The number of hydrogen-bond acceptors (Lipinski definition) is 6. The number of nitrogens with zero attached hydrogens (tertiary/aromatic N) is 4. The molecule has 0 spiro atoms. The van der Waals surface area contributed by atoms with Gasteiger partial charge < -0.3 is 4.74 Å². The third-order valence-corrected chi connectivity index (χ3v) is 5.44. The summed E-state index contributed by atoms with van der Waals surface area (Å²) in [4.78, 5) is 0. The number of rotatable bonds is 7. The first-order chi connectivity index (χ1) is 14.9. The first-order valence-corrected chi connectivity index (χ1v) is 10.9. The molecule has 0 atom stereocenters. The van der Waals surface area contributed by atoms with Crippen LogP contribution in [0.5, 0.6) is 11.6 Å². The second-order valence-corrected chi connectivity index (χ2v) is 8.47. The van der Waals surface area contributed by atoms with Crippen molar-refractivity contribution in [3.8, 4) is 17.4 Å². The number of ether oxygens (including phenoxy) is 1.